The third-order valence-electron chi connectivity index (χ3n) is 7.82. The van der Waals surface area contributed by atoms with Crippen molar-refractivity contribution in [2.24, 2.45) is 23.2 Å². The van der Waals surface area contributed by atoms with Crippen molar-refractivity contribution in [1.82, 2.24) is 5.32 Å². The van der Waals surface area contributed by atoms with Gasteiger partial charge in [0.15, 0.2) is 0 Å². The number of rotatable bonds is 5. The van der Waals surface area contributed by atoms with E-state index in [1.807, 2.05) is 6.92 Å². The van der Waals surface area contributed by atoms with Crippen molar-refractivity contribution in [3.8, 4) is 0 Å². The number of hydrogen-bond donors (Lipinski definition) is 2. The Morgan fingerprint density at radius 1 is 0.963 bits per heavy atom. The third-order valence-corrected chi connectivity index (χ3v) is 7.82. The second-order valence-electron chi connectivity index (χ2n) is 10.2. The van der Waals surface area contributed by atoms with Gasteiger partial charge in [0.2, 0.25) is 5.91 Å². The summed E-state index contributed by atoms with van der Waals surface area (Å²) in [6, 6.07) is 4.51. The van der Waals surface area contributed by atoms with E-state index in [0.717, 1.165) is 34.6 Å². The molecule has 2 N–H and O–H groups in total. The summed E-state index contributed by atoms with van der Waals surface area (Å²) < 4.78 is 0. The van der Waals surface area contributed by atoms with E-state index in [2.05, 4.69) is 50.5 Å². The lowest BCUT2D eigenvalue weighted by molar-refractivity contribution is -0.119. The zero-order valence-corrected chi connectivity index (χ0v) is 17.7. The van der Waals surface area contributed by atoms with Crippen LogP contribution in [0.25, 0.3) is 0 Å². The lowest BCUT2D eigenvalue weighted by Crippen LogP contribution is -2.57. The average molecular weight is 369 g/mol. The minimum absolute atomic E-state index is 0.0848. The zero-order valence-electron chi connectivity index (χ0n) is 17.7. The molecule has 5 rings (SSSR count). The number of benzene rings is 1. The van der Waals surface area contributed by atoms with E-state index < -0.39 is 0 Å². The lowest BCUT2D eigenvalue weighted by atomic mass is 9.48. The maximum Gasteiger partial charge on any atom is 0.241 e. The van der Waals surface area contributed by atoms with Crippen LogP contribution in [0.5, 0.6) is 0 Å². The number of anilines is 1. The van der Waals surface area contributed by atoms with E-state index >= 15 is 0 Å². The molecule has 27 heavy (non-hydrogen) atoms. The van der Waals surface area contributed by atoms with E-state index in [1.54, 1.807) is 0 Å². The molecule has 0 spiro atoms. The highest BCUT2D eigenvalue weighted by Gasteiger charge is 2.53. The highest BCUT2D eigenvalue weighted by Crippen LogP contribution is 2.61. The van der Waals surface area contributed by atoms with Gasteiger partial charge in [-0.15, -0.1) is 0 Å². The molecule has 0 aromatic heterocycles. The molecule has 1 aromatic rings. The Bertz CT molecular complexity index is 680. The van der Waals surface area contributed by atoms with Crippen molar-refractivity contribution in [2.75, 3.05) is 5.32 Å². The number of hydrogen-bond acceptors (Lipinski definition) is 2. The first-order valence-corrected chi connectivity index (χ1v) is 10.9. The molecule has 0 aliphatic heterocycles. The van der Waals surface area contributed by atoms with Crippen LogP contribution >= 0.6 is 0 Å². The van der Waals surface area contributed by atoms with Gasteiger partial charge in [0.05, 0.1) is 6.04 Å². The van der Waals surface area contributed by atoms with Crippen LogP contribution in [0.15, 0.2) is 12.1 Å². The second kappa shape index (κ2) is 6.92. The molecule has 148 valence electrons. The van der Waals surface area contributed by atoms with Crippen molar-refractivity contribution < 1.29 is 4.79 Å². The molecule has 1 amide bonds. The first-order valence-electron chi connectivity index (χ1n) is 10.9. The van der Waals surface area contributed by atoms with Gasteiger partial charge in [0.1, 0.15) is 0 Å². The van der Waals surface area contributed by atoms with Gasteiger partial charge in [0.25, 0.3) is 0 Å². The largest absolute Gasteiger partial charge is 0.324 e. The van der Waals surface area contributed by atoms with Crippen molar-refractivity contribution in [2.45, 2.75) is 85.2 Å². The Hall–Kier alpha value is -1.35. The Balaban J connectivity index is 1.42. The van der Waals surface area contributed by atoms with Gasteiger partial charge in [-0.05, 0) is 107 Å². The van der Waals surface area contributed by atoms with Gasteiger partial charge in [0, 0.05) is 11.7 Å². The Morgan fingerprint density at radius 2 is 1.44 bits per heavy atom. The van der Waals surface area contributed by atoms with Gasteiger partial charge in [-0.3, -0.25) is 4.79 Å². The van der Waals surface area contributed by atoms with Crippen LogP contribution in [0.4, 0.5) is 5.69 Å². The maximum atomic E-state index is 12.9. The van der Waals surface area contributed by atoms with Crippen LogP contribution in [-0.4, -0.2) is 18.0 Å². The van der Waals surface area contributed by atoms with Gasteiger partial charge in [-0.2, -0.15) is 0 Å². The van der Waals surface area contributed by atoms with Crippen molar-refractivity contribution >= 4 is 11.6 Å². The van der Waals surface area contributed by atoms with Crippen LogP contribution in [0.3, 0.4) is 0 Å². The zero-order chi connectivity index (χ0) is 19.3. The number of amides is 1. The summed E-state index contributed by atoms with van der Waals surface area (Å²) in [5, 5.41) is 6.88. The summed E-state index contributed by atoms with van der Waals surface area (Å²) in [5.41, 5.74) is 4.93. The second-order valence-corrected chi connectivity index (χ2v) is 10.2. The highest BCUT2D eigenvalue weighted by molar-refractivity contribution is 5.96. The summed E-state index contributed by atoms with van der Waals surface area (Å²) in [5.74, 6) is 2.93. The number of carbonyl (C=O) groups is 1. The average Bonchev–Trinajstić information content (AvgIpc) is 2.56. The summed E-state index contributed by atoms with van der Waals surface area (Å²) in [7, 11) is 0. The first-order chi connectivity index (χ1) is 12.8. The van der Waals surface area contributed by atoms with E-state index in [-0.39, 0.29) is 11.9 Å². The van der Waals surface area contributed by atoms with Crippen LogP contribution in [0, 0.1) is 43.9 Å². The molecule has 4 fully saturated rings. The first kappa shape index (κ1) is 19.0. The number of aryl methyl sites for hydroxylation is 3. The molecule has 0 radical (unpaired) electrons. The lowest BCUT2D eigenvalue weighted by Gasteiger charge is -2.59. The van der Waals surface area contributed by atoms with E-state index in [1.165, 1.54) is 44.1 Å². The molecule has 3 heteroatoms. The molecule has 4 aliphatic rings. The van der Waals surface area contributed by atoms with Crippen molar-refractivity contribution in [1.29, 1.82) is 0 Å². The van der Waals surface area contributed by atoms with E-state index in [9.17, 15) is 4.79 Å². The Morgan fingerprint density at radius 3 is 1.93 bits per heavy atom. The maximum absolute atomic E-state index is 12.9. The van der Waals surface area contributed by atoms with Gasteiger partial charge in [-0.25, -0.2) is 0 Å². The number of nitrogens with one attached hydrogen (secondary N) is 2. The molecule has 3 nitrogen and oxygen atoms in total. The molecule has 2 atom stereocenters. The normalized spacial score (nSPS) is 33.7. The minimum Gasteiger partial charge on any atom is -0.324 e. The Labute approximate surface area is 164 Å². The minimum atomic E-state index is -0.173. The van der Waals surface area contributed by atoms with Gasteiger partial charge in [-0.1, -0.05) is 17.7 Å². The molecule has 0 saturated heterocycles. The van der Waals surface area contributed by atoms with Crippen LogP contribution < -0.4 is 10.6 Å². The predicted molar refractivity (Wildman–Crippen MR) is 112 cm³/mol. The van der Waals surface area contributed by atoms with Crippen molar-refractivity contribution in [3.05, 3.63) is 28.8 Å². The molecular weight excluding hydrogens is 332 g/mol. The molecule has 4 aliphatic carbocycles. The van der Waals surface area contributed by atoms with Crippen LogP contribution in [0.1, 0.15) is 69.1 Å². The third kappa shape index (κ3) is 3.55. The summed E-state index contributed by atoms with van der Waals surface area (Å²) in [6.45, 7) is 10.6. The summed E-state index contributed by atoms with van der Waals surface area (Å²) in [4.78, 5) is 12.9. The predicted octanol–water partition coefficient (Wildman–Crippen LogP) is 5.13. The smallest absolute Gasteiger partial charge is 0.241 e. The van der Waals surface area contributed by atoms with Crippen LogP contribution in [0.2, 0.25) is 0 Å². The molecule has 4 bridgehead atoms. The van der Waals surface area contributed by atoms with E-state index in [0.29, 0.717) is 11.5 Å². The monoisotopic (exact) mass is 368 g/mol. The topological polar surface area (TPSA) is 41.1 Å². The molecule has 0 unspecified atom stereocenters. The summed E-state index contributed by atoms with van der Waals surface area (Å²) in [6.07, 6.45) is 8.52. The molecule has 1 aromatic carbocycles. The van der Waals surface area contributed by atoms with E-state index in [4.69, 9.17) is 0 Å². The fourth-order valence-electron chi connectivity index (χ4n) is 6.94. The van der Waals surface area contributed by atoms with Crippen LogP contribution in [-0.2, 0) is 4.79 Å². The van der Waals surface area contributed by atoms with Gasteiger partial charge < -0.3 is 10.6 Å². The fourth-order valence-corrected chi connectivity index (χ4v) is 6.94. The summed E-state index contributed by atoms with van der Waals surface area (Å²) >= 11 is 0. The molecular formula is C24H36N2O. The van der Waals surface area contributed by atoms with Crippen molar-refractivity contribution in [3.63, 3.8) is 0 Å². The van der Waals surface area contributed by atoms with Gasteiger partial charge >= 0.3 is 0 Å². The SMILES string of the molecule is Cc1cc(C)c(NC(=O)[C@H](C)N[C@@H](C)C23CC4CC(CC(C4)C2)C3)c(C)c1. The fraction of sp³-hybridized carbons (Fsp3) is 0.708. The molecule has 4 saturated carbocycles. The highest BCUT2D eigenvalue weighted by atomic mass is 16.2. The Kier molecular flexibility index (Phi) is 4.86. The quantitative estimate of drug-likeness (QED) is 0.756. The molecule has 0 heterocycles. The standard InChI is InChI=1S/C24H36N2O/c1-14-6-15(2)22(16(3)7-14)26-23(27)17(4)25-18(5)24-11-19-8-20(12-24)10-21(9-19)13-24/h6-7,17-21,25H,8-13H2,1-5H3,(H,26,27)/t17-,18-,19?,20?,21?,24?/m0/s1. The number of carbonyl (C=O) groups excluding carboxylic acids is 1.